The molecule has 0 amide bonds. The maximum absolute atomic E-state index is 12.0. The topological polar surface area (TPSA) is 112 Å². The highest BCUT2D eigenvalue weighted by Crippen LogP contribution is 2.15. The summed E-state index contributed by atoms with van der Waals surface area (Å²) in [7, 11) is -2.37. The number of methoxy groups -OCH3 is 1. The highest BCUT2D eigenvalue weighted by Gasteiger charge is 2.18. The van der Waals surface area contributed by atoms with Gasteiger partial charge in [-0.3, -0.25) is 0 Å². The number of hydrogen-bond acceptors (Lipinski definition) is 7. The summed E-state index contributed by atoms with van der Waals surface area (Å²) >= 11 is 0. The highest BCUT2D eigenvalue weighted by molar-refractivity contribution is 7.89. The number of nitrogens with one attached hydrogen (secondary N) is 1. The van der Waals surface area contributed by atoms with Crippen LogP contribution in [0.4, 0.5) is 0 Å². The number of rotatable bonds is 7. The Labute approximate surface area is 144 Å². The van der Waals surface area contributed by atoms with Gasteiger partial charge in [0.25, 0.3) is 0 Å². The predicted molar refractivity (Wildman–Crippen MR) is 86.5 cm³/mol. The van der Waals surface area contributed by atoms with Crippen molar-refractivity contribution in [2.45, 2.75) is 18.4 Å². The first-order valence-corrected chi connectivity index (χ1v) is 8.79. The second-order valence-corrected chi connectivity index (χ2v) is 6.64. The minimum absolute atomic E-state index is 0.0395. The first kappa shape index (κ1) is 18.7. The molecule has 25 heavy (non-hydrogen) atoms. The van der Waals surface area contributed by atoms with Crippen molar-refractivity contribution in [3.63, 3.8) is 0 Å². The van der Waals surface area contributed by atoms with Gasteiger partial charge in [0, 0.05) is 12.1 Å². The molecule has 9 heteroatoms. The van der Waals surface area contributed by atoms with Gasteiger partial charge in [-0.1, -0.05) is 6.92 Å². The summed E-state index contributed by atoms with van der Waals surface area (Å²) in [5, 5.41) is 0. The molecule has 2 aromatic rings. The number of sulfonamides is 1. The minimum Gasteiger partial charge on any atom is -0.463 e. The Morgan fingerprint density at radius 3 is 2.40 bits per heavy atom. The minimum atomic E-state index is -3.58. The summed E-state index contributed by atoms with van der Waals surface area (Å²) in [4.78, 5) is 23.6. The highest BCUT2D eigenvalue weighted by atomic mass is 32.2. The molecule has 8 nitrogen and oxygen atoms in total. The summed E-state index contributed by atoms with van der Waals surface area (Å²) in [5.41, 5.74) is 0.546. The standard InChI is InChI=1S/C16H17NO7S/c1-3-17-25(20,21)13-6-4-11(5-7-13)15(18)24-10-12-8-9-23-14(12)16(19)22-2/h4-9,17H,3,10H2,1-2H3. The van der Waals surface area contributed by atoms with Gasteiger partial charge in [0.15, 0.2) is 0 Å². The fraction of sp³-hybridized carbons (Fsp3) is 0.250. The maximum Gasteiger partial charge on any atom is 0.374 e. The number of carbonyl (C=O) groups excluding carboxylic acids is 2. The van der Waals surface area contributed by atoms with Crippen LogP contribution in [0.3, 0.4) is 0 Å². The van der Waals surface area contributed by atoms with Gasteiger partial charge in [0.05, 0.1) is 23.8 Å². The Balaban J connectivity index is 2.05. The summed E-state index contributed by atoms with van der Waals surface area (Å²) < 4.78 is 40.7. The van der Waals surface area contributed by atoms with Gasteiger partial charge >= 0.3 is 11.9 Å². The molecule has 0 fully saturated rings. The van der Waals surface area contributed by atoms with Crippen LogP contribution in [0.5, 0.6) is 0 Å². The predicted octanol–water partition coefficient (Wildman–Crippen LogP) is 1.72. The van der Waals surface area contributed by atoms with E-state index in [2.05, 4.69) is 9.46 Å². The normalized spacial score (nSPS) is 11.1. The van der Waals surface area contributed by atoms with E-state index in [4.69, 9.17) is 9.15 Å². The lowest BCUT2D eigenvalue weighted by atomic mass is 10.2. The Kier molecular flexibility index (Phi) is 5.94. The zero-order valence-corrected chi connectivity index (χ0v) is 14.5. The van der Waals surface area contributed by atoms with Gasteiger partial charge in [-0.25, -0.2) is 22.7 Å². The third-order valence-corrected chi connectivity index (χ3v) is 4.77. The molecular weight excluding hydrogens is 350 g/mol. The van der Waals surface area contributed by atoms with E-state index in [1.54, 1.807) is 6.92 Å². The Morgan fingerprint density at radius 2 is 1.80 bits per heavy atom. The molecule has 1 aromatic heterocycles. The van der Waals surface area contributed by atoms with E-state index in [9.17, 15) is 18.0 Å². The van der Waals surface area contributed by atoms with Crippen molar-refractivity contribution in [3.8, 4) is 0 Å². The fourth-order valence-electron chi connectivity index (χ4n) is 1.99. The van der Waals surface area contributed by atoms with Crippen LogP contribution in [0.15, 0.2) is 45.9 Å². The first-order valence-electron chi connectivity index (χ1n) is 7.30. The van der Waals surface area contributed by atoms with Crippen molar-refractivity contribution in [2.75, 3.05) is 13.7 Å². The van der Waals surface area contributed by atoms with Gasteiger partial charge in [0.2, 0.25) is 15.8 Å². The van der Waals surface area contributed by atoms with Crippen LogP contribution < -0.4 is 4.72 Å². The SMILES string of the molecule is CCNS(=O)(=O)c1ccc(C(=O)OCc2ccoc2C(=O)OC)cc1. The van der Waals surface area contributed by atoms with Gasteiger partial charge in [0.1, 0.15) is 6.61 Å². The second kappa shape index (κ2) is 7.95. The van der Waals surface area contributed by atoms with Crippen molar-refractivity contribution in [2.24, 2.45) is 0 Å². The Bertz CT molecular complexity index is 853. The van der Waals surface area contributed by atoms with Gasteiger partial charge in [-0.05, 0) is 30.3 Å². The lowest BCUT2D eigenvalue weighted by Gasteiger charge is -2.07. The molecule has 0 bridgehead atoms. The number of carbonyl (C=O) groups is 2. The molecule has 0 spiro atoms. The molecule has 1 heterocycles. The molecule has 0 saturated carbocycles. The second-order valence-electron chi connectivity index (χ2n) is 4.87. The number of esters is 2. The molecule has 134 valence electrons. The third-order valence-electron chi connectivity index (χ3n) is 3.21. The lowest BCUT2D eigenvalue weighted by molar-refractivity contribution is 0.0453. The summed E-state index contributed by atoms with van der Waals surface area (Å²) in [6.45, 7) is 1.75. The van der Waals surface area contributed by atoms with E-state index in [0.717, 1.165) is 0 Å². The van der Waals surface area contributed by atoms with E-state index in [0.29, 0.717) is 5.56 Å². The smallest absolute Gasteiger partial charge is 0.374 e. The van der Waals surface area contributed by atoms with Crippen LogP contribution in [-0.2, 0) is 26.1 Å². The maximum atomic E-state index is 12.0. The molecule has 0 atom stereocenters. The fourth-order valence-corrected chi connectivity index (χ4v) is 3.03. The lowest BCUT2D eigenvalue weighted by Crippen LogP contribution is -2.23. The van der Waals surface area contributed by atoms with E-state index in [1.165, 1.54) is 43.7 Å². The van der Waals surface area contributed by atoms with Crippen LogP contribution >= 0.6 is 0 Å². The van der Waals surface area contributed by atoms with E-state index in [1.807, 2.05) is 0 Å². The molecular formula is C16H17NO7S. The van der Waals surface area contributed by atoms with Crippen LogP contribution in [0, 0.1) is 0 Å². The zero-order valence-electron chi connectivity index (χ0n) is 13.6. The number of benzene rings is 1. The van der Waals surface area contributed by atoms with Crippen molar-refractivity contribution >= 4 is 22.0 Å². The first-order chi connectivity index (χ1) is 11.9. The summed E-state index contributed by atoms with van der Waals surface area (Å²) in [6, 6.07) is 6.82. The van der Waals surface area contributed by atoms with Crippen molar-refractivity contribution in [3.05, 3.63) is 53.5 Å². The van der Waals surface area contributed by atoms with Crippen molar-refractivity contribution in [1.29, 1.82) is 0 Å². The number of ether oxygens (including phenoxy) is 2. The molecule has 0 aliphatic heterocycles. The van der Waals surface area contributed by atoms with E-state index >= 15 is 0 Å². The van der Waals surface area contributed by atoms with Crippen LogP contribution in [0.25, 0.3) is 0 Å². The summed E-state index contributed by atoms with van der Waals surface area (Å²) in [5.74, 6) is -1.37. The van der Waals surface area contributed by atoms with Gasteiger partial charge < -0.3 is 13.9 Å². The molecule has 0 radical (unpaired) electrons. The van der Waals surface area contributed by atoms with E-state index < -0.39 is 22.0 Å². The van der Waals surface area contributed by atoms with Gasteiger partial charge in [-0.15, -0.1) is 0 Å². The Hall–Kier alpha value is -2.65. The van der Waals surface area contributed by atoms with Crippen LogP contribution in [-0.4, -0.2) is 34.0 Å². The average Bonchev–Trinajstić information content (AvgIpc) is 3.07. The van der Waals surface area contributed by atoms with Crippen molar-refractivity contribution in [1.82, 2.24) is 4.72 Å². The monoisotopic (exact) mass is 367 g/mol. The third kappa shape index (κ3) is 4.46. The molecule has 0 saturated heterocycles. The molecule has 2 rings (SSSR count). The number of furan rings is 1. The molecule has 1 aromatic carbocycles. The Morgan fingerprint density at radius 1 is 1.12 bits per heavy atom. The van der Waals surface area contributed by atoms with Crippen LogP contribution in [0.2, 0.25) is 0 Å². The molecule has 1 N–H and O–H groups in total. The molecule has 0 aliphatic rings. The van der Waals surface area contributed by atoms with Gasteiger partial charge in [-0.2, -0.15) is 0 Å². The average molecular weight is 367 g/mol. The number of hydrogen-bond donors (Lipinski definition) is 1. The molecule has 0 aliphatic carbocycles. The van der Waals surface area contributed by atoms with E-state index in [-0.39, 0.29) is 29.4 Å². The zero-order chi connectivity index (χ0) is 18.4. The van der Waals surface area contributed by atoms with Crippen molar-refractivity contribution < 1.29 is 31.9 Å². The largest absolute Gasteiger partial charge is 0.463 e. The quantitative estimate of drug-likeness (QED) is 0.742. The van der Waals surface area contributed by atoms with Crippen LogP contribution in [0.1, 0.15) is 33.4 Å². The molecule has 0 unspecified atom stereocenters. The summed E-state index contributed by atoms with van der Waals surface area (Å²) in [6.07, 6.45) is 1.29.